The molecule has 3 aliphatic rings. The van der Waals surface area contributed by atoms with Crippen molar-refractivity contribution in [3.8, 4) is 0 Å². The highest BCUT2D eigenvalue weighted by Gasteiger charge is 2.56. The monoisotopic (exact) mass is 286 g/mol. The zero-order chi connectivity index (χ0) is 14.6. The van der Waals surface area contributed by atoms with E-state index in [-0.39, 0.29) is 31.0 Å². The summed E-state index contributed by atoms with van der Waals surface area (Å²) in [5, 5.41) is 32.6. The van der Waals surface area contributed by atoms with Crippen LogP contribution < -0.4 is 5.32 Å². The number of hydrogen-bond donors (Lipinski definition) is 4. The maximum atomic E-state index is 10.3. The van der Waals surface area contributed by atoms with Crippen LogP contribution in [-0.2, 0) is 9.47 Å². The summed E-state index contributed by atoms with van der Waals surface area (Å²) in [7, 11) is 0. The van der Waals surface area contributed by atoms with Gasteiger partial charge in [-0.3, -0.25) is 5.32 Å². The molecule has 4 N–H and O–H groups in total. The average Bonchev–Trinajstić information content (AvgIpc) is 3.12. The second-order valence-corrected chi connectivity index (χ2v) is 5.82. The second-order valence-electron chi connectivity index (χ2n) is 5.82. The molecule has 3 aliphatic heterocycles. The van der Waals surface area contributed by atoms with Crippen molar-refractivity contribution in [2.24, 2.45) is 5.92 Å². The summed E-state index contributed by atoms with van der Waals surface area (Å²) < 4.78 is 11.2. The number of nitrogens with one attached hydrogen (secondary N) is 1. The zero-order valence-electron chi connectivity index (χ0n) is 11.6. The Kier molecular flexibility index (Phi) is 3.62. The highest BCUT2D eigenvalue weighted by molar-refractivity contribution is 5.17. The highest BCUT2D eigenvalue weighted by atomic mass is 16.6. The van der Waals surface area contributed by atoms with E-state index in [4.69, 9.17) is 9.47 Å². The quantitative estimate of drug-likeness (QED) is 0.364. The standard InChI is InChI=1S/C13H22N2O5/c1-5-7(3)15(13-11(20-13)14-10(5)18)12-9(17)6(2)8(4-16)19-12/h5,7-14,16-18H,2,4H2,1,3H3/t5?,7-,8?,9?,10?,11?,12?,13?/m1/s1. The van der Waals surface area contributed by atoms with Crippen molar-refractivity contribution in [2.45, 2.75) is 57.0 Å². The molecular formula is C13H22N2O5. The number of fused-ring (bicyclic) bond motifs is 1. The maximum absolute atomic E-state index is 10.3. The molecular weight excluding hydrogens is 264 g/mol. The van der Waals surface area contributed by atoms with Gasteiger partial charge in [0.1, 0.15) is 24.7 Å². The van der Waals surface area contributed by atoms with E-state index >= 15 is 0 Å². The summed E-state index contributed by atoms with van der Waals surface area (Å²) in [6.45, 7) is 7.47. The van der Waals surface area contributed by atoms with Gasteiger partial charge < -0.3 is 24.8 Å². The first kappa shape index (κ1) is 14.4. The summed E-state index contributed by atoms with van der Waals surface area (Å²) in [6.07, 6.45) is -3.21. The Labute approximate surface area is 117 Å². The smallest absolute Gasteiger partial charge is 0.155 e. The number of aliphatic hydroxyl groups is 3. The van der Waals surface area contributed by atoms with Crippen LogP contribution in [0.15, 0.2) is 12.2 Å². The Morgan fingerprint density at radius 1 is 1.25 bits per heavy atom. The van der Waals surface area contributed by atoms with Crippen LogP contribution in [-0.4, -0.2) is 70.0 Å². The molecule has 0 aromatic heterocycles. The van der Waals surface area contributed by atoms with E-state index in [1.54, 1.807) is 0 Å². The number of epoxide rings is 1. The van der Waals surface area contributed by atoms with Gasteiger partial charge in [0.05, 0.1) is 6.61 Å². The van der Waals surface area contributed by atoms with Crippen LogP contribution in [0, 0.1) is 5.92 Å². The lowest BCUT2D eigenvalue weighted by Crippen LogP contribution is -2.51. The van der Waals surface area contributed by atoms with Crippen LogP contribution in [0.2, 0.25) is 0 Å². The first-order valence-electron chi connectivity index (χ1n) is 6.95. The van der Waals surface area contributed by atoms with Gasteiger partial charge in [0, 0.05) is 12.0 Å². The fourth-order valence-corrected chi connectivity index (χ4v) is 3.01. The van der Waals surface area contributed by atoms with Crippen LogP contribution in [0.5, 0.6) is 0 Å². The minimum atomic E-state index is -0.873. The van der Waals surface area contributed by atoms with Gasteiger partial charge in [-0.15, -0.1) is 0 Å². The molecule has 3 saturated heterocycles. The molecule has 114 valence electrons. The Morgan fingerprint density at radius 2 is 1.95 bits per heavy atom. The third-order valence-corrected chi connectivity index (χ3v) is 4.65. The van der Waals surface area contributed by atoms with Gasteiger partial charge in [-0.25, -0.2) is 4.90 Å². The summed E-state index contributed by atoms with van der Waals surface area (Å²) >= 11 is 0. The lowest BCUT2D eigenvalue weighted by molar-refractivity contribution is -0.138. The van der Waals surface area contributed by atoms with Crippen molar-refractivity contribution >= 4 is 0 Å². The normalized spacial score (nSPS) is 52.8. The maximum Gasteiger partial charge on any atom is 0.155 e. The van der Waals surface area contributed by atoms with Crippen molar-refractivity contribution in [3.05, 3.63) is 12.2 Å². The van der Waals surface area contributed by atoms with Crippen LogP contribution in [0.1, 0.15) is 13.8 Å². The molecule has 3 rings (SSSR count). The van der Waals surface area contributed by atoms with Gasteiger partial charge in [-0.05, 0) is 12.5 Å². The molecule has 8 atom stereocenters. The van der Waals surface area contributed by atoms with Gasteiger partial charge in [-0.1, -0.05) is 13.5 Å². The lowest BCUT2D eigenvalue weighted by Gasteiger charge is -2.36. The topological polar surface area (TPSA) is 97.7 Å². The number of ether oxygens (including phenoxy) is 2. The number of aliphatic hydroxyl groups excluding tert-OH is 3. The van der Waals surface area contributed by atoms with Crippen molar-refractivity contribution in [2.75, 3.05) is 6.61 Å². The van der Waals surface area contributed by atoms with Crippen molar-refractivity contribution < 1.29 is 24.8 Å². The van der Waals surface area contributed by atoms with Crippen LogP contribution in [0.4, 0.5) is 0 Å². The Bertz CT molecular complexity index is 406. The SMILES string of the molecule is C=C1C(CO)OC(N2C3OC3NC(O)C(C)[C@H]2C)C1O. The van der Waals surface area contributed by atoms with E-state index in [2.05, 4.69) is 11.9 Å². The molecule has 0 spiro atoms. The second kappa shape index (κ2) is 5.03. The molecule has 0 aromatic rings. The molecule has 3 fully saturated rings. The number of rotatable bonds is 2. The minimum Gasteiger partial charge on any atom is -0.393 e. The van der Waals surface area contributed by atoms with E-state index in [9.17, 15) is 15.3 Å². The first-order chi connectivity index (χ1) is 9.45. The molecule has 0 radical (unpaired) electrons. The van der Waals surface area contributed by atoms with Crippen LogP contribution >= 0.6 is 0 Å². The minimum absolute atomic E-state index is 0.0522. The molecule has 0 aromatic carbocycles. The van der Waals surface area contributed by atoms with Crippen LogP contribution in [0.25, 0.3) is 0 Å². The predicted octanol–water partition coefficient (Wildman–Crippen LogP) is -1.45. The summed E-state index contributed by atoms with van der Waals surface area (Å²) in [5.74, 6) is -0.0522. The van der Waals surface area contributed by atoms with Crippen molar-refractivity contribution in [3.63, 3.8) is 0 Å². The van der Waals surface area contributed by atoms with E-state index in [0.29, 0.717) is 5.57 Å². The summed E-state index contributed by atoms with van der Waals surface area (Å²) in [6, 6.07) is -0.0557. The van der Waals surface area contributed by atoms with Gasteiger partial charge in [0.2, 0.25) is 0 Å². The summed E-state index contributed by atoms with van der Waals surface area (Å²) in [4.78, 5) is 1.92. The van der Waals surface area contributed by atoms with Gasteiger partial charge >= 0.3 is 0 Å². The van der Waals surface area contributed by atoms with Crippen LogP contribution in [0.3, 0.4) is 0 Å². The molecule has 3 heterocycles. The average molecular weight is 286 g/mol. The van der Waals surface area contributed by atoms with Gasteiger partial charge in [-0.2, -0.15) is 0 Å². The largest absolute Gasteiger partial charge is 0.393 e. The highest BCUT2D eigenvalue weighted by Crippen LogP contribution is 2.39. The molecule has 0 bridgehead atoms. The molecule has 0 saturated carbocycles. The van der Waals surface area contributed by atoms with E-state index in [0.717, 1.165) is 0 Å². The van der Waals surface area contributed by atoms with Gasteiger partial charge in [0.25, 0.3) is 0 Å². The number of hydrogen-bond acceptors (Lipinski definition) is 7. The van der Waals surface area contributed by atoms with E-state index < -0.39 is 24.7 Å². The molecule has 7 unspecified atom stereocenters. The lowest BCUT2D eigenvalue weighted by atomic mass is 9.99. The van der Waals surface area contributed by atoms with Crippen molar-refractivity contribution in [1.82, 2.24) is 10.2 Å². The zero-order valence-corrected chi connectivity index (χ0v) is 11.6. The predicted molar refractivity (Wildman–Crippen MR) is 69.2 cm³/mol. The van der Waals surface area contributed by atoms with E-state index in [1.165, 1.54) is 0 Å². The summed E-state index contributed by atoms with van der Waals surface area (Å²) in [5.41, 5.74) is 0.479. The molecule has 20 heavy (non-hydrogen) atoms. The molecule has 7 heteroatoms. The molecule has 0 amide bonds. The van der Waals surface area contributed by atoms with E-state index in [1.807, 2.05) is 18.7 Å². The third-order valence-electron chi connectivity index (χ3n) is 4.65. The Hall–Kier alpha value is -0.540. The fourth-order valence-electron chi connectivity index (χ4n) is 3.01. The van der Waals surface area contributed by atoms with Crippen molar-refractivity contribution in [1.29, 1.82) is 0 Å². The molecule has 0 aliphatic carbocycles. The number of nitrogens with zero attached hydrogens (tertiary/aromatic N) is 1. The van der Waals surface area contributed by atoms with Gasteiger partial charge in [0.15, 0.2) is 12.5 Å². The molecule has 7 nitrogen and oxygen atoms in total. The fraction of sp³-hybridized carbons (Fsp3) is 0.846. The Balaban J connectivity index is 1.83. The first-order valence-corrected chi connectivity index (χ1v) is 6.95. The third kappa shape index (κ3) is 2.10. The Morgan fingerprint density at radius 3 is 2.55 bits per heavy atom.